The van der Waals surface area contributed by atoms with Gasteiger partial charge in [-0.25, -0.2) is 4.98 Å². The number of amides is 1. The van der Waals surface area contributed by atoms with E-state index in [0.717, 1.165) is 5.69 Å². The van der Waals surface area contributed by atoms with Crippen molar-refractivity contribution in [1.29, 1.82) is 0 Å². The molecule has 41 heavy (non-hydrogen) atoms. The van der Waals surface area contributed by atoms with Gasteiger partial charge < -0.3 is 27.5 Å². The Morgan fingerprint density at radius 1 is 0.927 bits per heavy atom. The van der Waals surface area contributed by atoms with E-state index in [2.05, 4.69) is 20.3 Å². The first-order valence-electron chi connectivity index (χ1n) is 13.9. The number of hydrogen-bond donors (Lipinski definition) is 5. The zero-order chi connectivity index (χ0) is 31.6. The van der Waals surface area contributed by atoms with E-state index < -0.39 is 28.2 Å². The number of imidazole rings is 1. The van der Waals surface area contributed by atoms with Gasteiger partial charge in [-0.15, -0.1) is 0 Å². The topological polar surface area (TPSA) is 216 Å². The number of guanidine groups is 1. The lowest BCUT2D eigenvalue weighted by molar-refractivity contribution is -0.141. The van der Waals surface area contributed by atoms with Crippen molar-refractivity contribution < 1.29 is 24.0 Å². The van der Waals surface area contributed by atoms with Crippen molar-refractivity contribution in [2.24, 2.45) is 44.4 Å². The smallest absolute Gasteiger partial charge is 0.223 e. The number of aromatic nitrogens is 2. The summed E-state index contributed by atoms with van der Waals surface area (Å²) in [5.41, 5.74) is 14.3. The van der Waals surface area contributed by atoms with E-state index in [1.807, 2.05) is 0 Å². The third-order valence-corrected chi connectivity index (χ3v) is 7.55. The van der Waals surface area contributed by atoms with Crippen LogP contribution in [0.15, 0.2) is 17.5 Å². The number of carbonyl (C=O) groups is 5. The van der Waals surface area contributed by atoms with Gasteiger partial charge in [0.1, 0.15) is 17.3 Å². The Bertz CT molecular complexity index is 1100. The number of nitrogens with two attached hydrogens (primary N) is 3. The predicted molar refractivity (Wildman–Crippen MR) is 158 cm³/mol. The molecule has 0 fully saturated rings. The van der Waals surface area contributed by atoms with Crippen molar-refractivity contribution in [3.05, 3.63) is 18.2 Å². The van der Waals surface area contributed by atoms with E-state index in [9.17, 15) is 24.0 Å². The molecule has 0 aliphatic rings. The molecule has 230 valence electrons. The molecule has 0 unspecified atom stereocenters. The number of aromatic amines is 1. The fourth-order valence-electron chi connectivity index (χ4n) is 4.47. The molecule has 1 rings (SSSR count). The van der Waals surface area contributed by atoms with Gasteiger partial charge in [0.05, 0.1) is 12.4 Å². The van der Waals surface area contributed by atoms with Crippen LogP contribution in [0.3, 0.4) is 0 Å². The van der Waals surface area contributed by atoms with Crippen molar-refractivity contribution in [2.45, 2.75) is 92.5 Å². The highest BCUT2D eigenvalue weighted by atomic mass is 16.2. The molecule has 0 bridgehead atoms. The highest BCUT2D eigenvalue weighted by Gasteiger charge is 2.41. The molecule has 0 saturated carbocycles. The van der Waals surface area contributed by atoms with E-state index >= 15 is 0 Å². The Hall–Kier alpha value is -3.41. The van der Waals surface area contributed by atoms with Gasteiger partial charge in [-0.1, -0.05) is 41.5 Å². The van der Waals surface area contributed by atoms with Crippen molar-refractivity contribution in [2.75, 3.05) is 13.6 Å². The lowest BCUT2D eigenvalue weighted by Crippen LogP contribution is -2.41. The van der Waals surface area contributed by atoms with Crippen LogP contribution in [0, 0.1) is 22.2 Å². The van der Waals surface area contributed by atoms with Crippen LogP contribution in [0.2, 0.25) is 0 Å². The van der Waals surface area contributed by atoms with Gasteiger partial charge >= 0.3 is 0 Å². The molecule has 0 aromatic carbocycles. The highest BCUT2D eigenvalue weighted by Crippen LogP contribution is 2.36. The molecule has 0 aliphatic heterocycles. The molecule has 8 N–H and O–H groups in total. The van der Waals surface area contributed by atoms with Gasteiger partial charge in [0.2, 0.25) is 5.91 Å². The summed E-state index contributed by atoms with van der Waals surface area (Å²) in [6.07, 6.45) is 4.05. The summed E-state index contributed by atoms with van der Waals surface area (Å²) >= 11 is 0. The standard InChI is InChI=1S/C29H49N7O5/c1-27(2,13-21(37)20(30)12-19-16-34-17-36-19)23(39)15-29(5,6)24(40)14-28(3,4)22(38)11-18(25(41)33-7)9-8-10-35-26(31)32/h16-18,20H,8-15,30H2,1-7H3,(H,33,41)(H,34,36)(H4,31,32,35)/t18-,20+/m1/s1. The van der Waals surface area contributed by atoms with E-state index in [1.54, 1.807) is 47.7 Å². The molecule has 1 heterocycles. The molecule has 0 saturated heterocycles. The molecule has 0 radical (unpaired) electrons. The second kappa shape index (κ2) is 15.0. The largest absolute Gasteiger partial charge is 0.370 e. The number of rotatable bonds is 19. The number of ketones is 4. The van der Waals surface area contributed by atoms with Crippen molar-refractivity contribution in [3.63, 3.8) is 0 Å². The molecule has 2 atom stereocenters. The number of carbonyl (C=O) groups excluding carboxylic acids is 5. The second-order valence-corrected chi connectivity index (χ2v) is 12.8. The van der Waals surface area contributed by atoms with Gasteiger partial charge in [0.25, 0.3) is 0 Å². The van der Waals surface area contributed by atoms with E-state index in [-0.39, 0.29) is 67.1 Å². The maximum atomic E-state index is 13.4. The summed E-state index contributed by atoms with van der Waals surface area (Å²) in [5.74, 6) is -1.84. The van der Waals surface area contributed by atoms with Crippen LogP contribution < -0.4 is 22.5 Å². The predicted octanol–water partition coefficient (Wildman–Crippen LogP) is 1.61. The Morgan fingerprint density at radius 3 is 1.95 bits per heavy atom. The third-order valence-electron chi connectivity index (χ3n) is 7.55. The van der Waals surface area contributed by atoms with Crippen LogP contribution in [-0.4, -0.2) is 64.6 Å². The normalized spacial score (nSPS) is 13.7. The number of aliphatic imine (C=N–C) groups is 1. The molecule has 12 heteroatoms. The van der Waals surface area contributed by atoms with Crippen molar-refractivity contribution in [1.82, 2.24) is 15.3 Å². The number of H-pyrrole nitrogens is 1. The van der Waals surface area contributed by atoms with Crippen LogP contribution >= 0.6 is 0 Å². The van der Waals surface area contributed by atoms with Crippen LogP contribution in [0.5, 0.6) is 0 Å². The third kappa shape index (κ3) is 11.5. The van der Waals surface area contributed by atoms with Crippen molar-refractivity contribution in [3.8, 4) is 0 Å². The summed E-state index contributed by atoms with van der Waals surface area (Å²) in [4.78, 5) is 75.8. The maximum absolute atomic E-state index is 13.4. The Labute approximate surface area is 243 Å². The van der Waals surface area contributed by atoms with Crippen LogP contribution in [0.25, 0.3) is 0 Å². The maximum Gasteiger partial charge on any atom is 0.223 e. The average Bonchev–Trinajstić information content (AvgIpc) is 3.37. The zero-order valence-electron chi connectivity index (χ0n) is 25.6. The number of nitrogens with zero attached hydrogens (tertiary/aromatic N) is 2. The Kier molecular flexibility index (Phi) is 13.0. The first-order valence-corrected chi connectivity index (χ1v) is 13.9. The minimum absolute atomic E-state index is 0.0327. The molecule has 0 spiro atoms. The summed E-state index contributed by atoms with van der Waals surface area (Å²) in [6, 6.07) is -0.783. The van der Waals surface area contributed by atoms with Gasteiger partial charge in [0.15, 0.2) is 11.7 Å². The van der Waals surface area contributed by atoms with Gasteiger partial charge in [-0.05, 0) is 12.8 Å². The number of nitrogens with one attached hydrogen (secondary N) is 2. The molecular weight excluding hydrogens is 526 g/mol. The highest BCUT2D eigenvalue weighted by molar-refractivity contribution is 5.98. The minimum atomic E-state index is -1.06. The summed E-state index contributed by atoms with van der Waals surface area (Å²) in [6.45, 7) is 10.4. The fourth-order valence-corrected chi connectivity index (χ4v) is 4.47. The molecule has 12 nitrogen and oxygen atoms in total. The lowest BCUT2D eigenvalue weighted by atomic mass is 9.69. The monoisotopic (exact) mass is 575 g/mol. The molecular formula is C29H49N7O5. The summed E-state index contributed by atoms with van der Waals surface area (Å²) in [7, 11) is 1.51. The van der Waals surface area contributed by atoms with E-state index in [1.165, 1.54) is 13.4 Å². The summed E-state index contributed by atoms with van der Waals surface area (Å²) in [5, 5.41) is 2.59. The quantitative estimate of drug-likeness (QED) is 0.0918. The van der Waals surface area contributed by atoms with Gasteiger partial charge in [-0.2, -0.15) is 0 Å². The SMILES string of the molecule is CNC(=O)[C@H](CCCN=C(N)N)CC(=O)C(C)(C)CC(=O)C(C)(C)CC(=O)C(C)(C)CC(=O)[C@@H](N)Cc1cnc[nH]1. The molecule has 0 aliphatic carbocycles. The van der Waals surface area contributed by atoms with Gasteiger partial charge in [-0.3, -0.25) is 29.0 Å². The molecule has 1 amide bonds. The average molecular weight is 576 g/mol. The zero-order valence-corrected chi connectivity index (χ0v) is 25.6. The number of hydrogen-bond acceptors (Lipinski definition) is 8. The Balaban J connectivity index is 2.81. The van der Waals surface area contributed by atoms with Gasteiger partial charge in [0, 0.05) is 79.8 Å². The Morgan fingerprint density at radius 2 is 1.46 bits per heavy atom. The fraction of sp³-hybridized carbons (Fsp3) is 0.690. The van der Waals surface area contributed by atoms with Crippen LogP contribution in [0.1, 0.15) is 85.8 Å². The van der Waals surface area contributed by atoms with Crippen LogP contribution in [-0.2, 0) is 30.4 Å². The summed E-state index contributed by atoms with van der Waals surface area (Å²) < 4.78 is 0. The van der Waals surface area contributed by atoms with E-state index in [4.69, 9.17) is 17.2 Å². The first kappa shape index (κ1) is 35.6. The number of Topliss-reactive ketones (excluding diaryl/α,β-unsaturated/α-hetero) is 4. The second-order valence-electron chi connectivity index (χ2n) is 12.8. The van der Waals surface area contributed by atoms with E-state index in [0.29, 0.717) is 19.4 Å². The molecule has 1 aromatic rings. The first-order chi connectivity index (χ1) is 18.8. The van der Waals surface area contributed by atoms with Crippen molar-refractivity contribution >= 4 is 35.0 Å². The molecule has 1 aromatic heterocycles. The van der Waals surface area contributed by atoms with Crippen LogP contribution in [0.4, 0.5) is 0 Å². The lowest BCUT2D eigenvalue weighted by Gasteiger charge is -2.32. The minimum Gasteiger partial charge on any atom is -0.370 e.